The zero-order valence-electron chi connectivity index (χ0n) is 59.4. The maximum absolute atomic E-state index is 11.1. The first-order valence-corrected chi connectivity index (χ1v) is 34.7. The average molecular weight is 1430 g/mol. The number of carbonyl (C=O) groups is 12. The van der Waals surface area contributed by atoms with Crippen LogP contribution in [0.1, 0.15) is 154 Å². The van der Waals surface area contributed by atoms with E-state index >= 15 is 0 Å². The number of carbonyl (C=O) groups excluding carboxylic acids is 12. The van der Waals surface area contributed by atoms with E-state index in [1.54, 1.807) is 0 Å². The van der Waals surface area contributed by atoms with Crippen LogP contribution in [0, 0.1) is 35.5 Å². The van der Waals surface area contributed by atoms with Gasteiger partial charge in [0.25, 0.3) is 0 Å². The van der Waals surface area contributed by atoms with Crippen molar-refractivity contribution >= 4 is 71.6 Å². The zero-order chi connectivity index (χ0) is 76.0. The summed E-state index contributed by atoms with van der Waals surface area (Å²) >= 11 is 0. The lowest BCUT2D eigenvalue weighted by molar-refractivity contribution is -0.165. The minimum Gasteiger partial charge on any atom is -0.462 e. The van der Waals surface area contributed by atoms with Crippen LogP contribution in [0.4, 0.5) is 0 Å². The van der Waals surface area contributed by atoms with Crippen molar-refractivity contribution < 1.29 is 114 Å². The van der Waals surface area contributed by atoms with Crippen LogP contribution >= 0.6 is 0 Å². The number of esters is 12. The fourth-order valence-corrected chi connectivity index (χ4v) is 11.7. The van der Waals surface area contributed by atoms with E-state index in [-0.39, 0.29) is 72.3 Å². The minimum atomic E-state index is -0.480. The second-order valence-electron chi connectivity index (χ2n) is 24.6. The molecule has 102 heavy (non-hydrogen) atoms. The van der Waals surface area contributed by atoms with Gasteiger partial charge < -0.3 is 56.8 Å². The minimum absolute atomic E-state index is 0.0795. The molecule has 6 aliphatic rings. The Balaban J connectivity index is 0.000000613. The monoisotopic (exact) mass is 1430 g/mol. The molecule has 0 spiro atoms. The summed E-state index contributed by atoms with van der Waals surface area (Å²) in [6.45, 7) is 42.7. The number of ether oxygens (including phenoxy) is 12. The normalized spacial score (nSPS) is 23.5. The van der Waals surface area contributed by atoms with Crippen molar-refractivity contribution in [2.75, 3.05) is 39.6 Å². The van der Waals surface area contributed by atoms with Crippen LogP contribution in [0.2, 0.25) is 0 Å². The third-order valence-electron chi connectivity index (χ3n) is 17.2. The Hall–Kier alpha value is -9.48. The summed E-state index contributed by atoms with van der Waals surface area (Å²) in [5.41, 5.74) is 0. The molecule has 0 aliphatic heterocycles. The first-order valence-electron chi connectivity index (χ1n) is 34.7. The molecule has 6 saturated carbocycles. The van der Waals surface area contributed by atoms with Gasteiger partial charge in [-0.05, 0) is 164 Å². The van der Waals surface area contributed by atoms with E-state index in [9.17, 15) is 57.5 Å². The number of hydrogen-bond donors (Lipinski definition) is 0. The van der Waals surface area contributed by atoms with Crippen molar-refractivity contribution in [2.45, 2.75) is 191 Å². The molecule has 0 saturated heterocycles. The highest BCUT2D eigenvalue weighted by Crippen LogP contribution is 2.33. The fourth-order valence-electron chi connectivity index (χ4n) is 11.7. The van der Waals surface area contributed by atoms with Gasteiger partial charge in [0, 0.05) is 79.3 Å². The summed E-state index contributed by atoms with van der Waals surface area (Å²) in [5, 5.41) is 0. The van der Waals surface area contributed by atoms with Gasteiger partial charge in [0.2, 0.25) is 0 Å². The molecule has 6 fully saturated rings. The van der Waals surface area contributed by atoms with Gasteiger partial charge in [-0.15, -0.1) is 0 Å². The summed E-state index contributed by atoms with van der Waals surface area (Å²) in [7, 11) is 0. The Labute approximate surface area is 601 Å². The second-order valence-corrected chi connectivity index (χ2v) is 24.6. The Morgan fingerprint density at radius 3 is 0.735 bits per heavy atom. The van der Waals surface area contributed by atoms with Gasteiger partial charge in [-0.3, -0.25) is 0 Å². The Bertz CT molecular complexity index is 2610. The first-order chi connectivity index (χ1) is 48.9. The van der Waals surface area contributed by atoms with Gasteiger partial charge in [0.1, 0.15) is 36.6 Å². The SMILES string of the molecule is C=CC(=O)OC1CCC(OC(=O)C=C)CC1.C=CC(=O)OC1CCCC(OC(=O)C=C)C1.C=CC(=O)OC1CCCCC1OC(=O)C=C.C=CC(=O)OCC1CCC(COC(=O)C=C)CC1.C=CC(=O)OCC1CCCC(COC(=O)C=C)C1.C=CC(=O)OCC1CCCCC1COC(=O)C=C. The molecule has 0 radical (unpaired) electrons. The van der Waals surface area contributed by atoms with Crippen LogP contribution in [-0.2, 0) is 114 Å². The van der Waals surface area contributed by atoms with Crippen LogP contribution in [-0.4, -0.2) is 148 Å². The Kier molecular flexibility index (Phi) is 49.0. The predicted molar refractivity (Wildman–Crippen MR) is 379 cm³/mol. The van der Waals surface area contributed by atoms with Gasteiger partial charge in [-0.2, -0.15) is 0 Å². The van der Waals surface area contributed by atoms with Gasteiger partial charge in [-0.1, -0.05) is 98.2 Å². The molecule has 0 bridgehead atoms. The Morgan fingerprint density at radius 1 is 0.216 bits per heavy atom. The standard InChI is InChI=1S/3C14H20O4.3C12H16O4/c1-3-13(15)17-9-11-5-7-12(8-6-11)10-18-14(16)4-2;1-3-13(15)17-9-11-6-5-7-12(8-11)10-18-14(16)4-2;1-3-13(15)17-9-11-7-5-6-8-12(11)10-18-14(16)4-2;1-3-11(13)15-9-5-7-10(8-6-9)16-12(14)4-2;1-3-11(13)15-9-6-5-7-10(8-9)16-12(14)4-2;1-3-11(13)15-9-7-5-6-8-10(9)16-12(14)4-2/h3*3-4,11-12H,1-2,5-10H2;3*3-4,9-10H,1-2,5-8H2. The smallest absolute Gasteiger partial charge is 0.330 e. The highest BCUT2D eigenvalue weighted by molar-refractivity contribution is 5.85. The largest absolute Gasteiger partial charge is 0.462 e. The zero-order valence-corrected chi connectivity index (χ0v) is 59.4. The molecule has 6 aliphatic carbocycles. The van der Waals surface area contributed by atoms with E-state index in [2.05, 4.69) is 78.9 Å². The van der Waals surface area contributed by atoms with Crippen LogP contribution < -0.4 is 0 Å². The molecule has 8 atom stereocenters. The summed E-state index contributed by atoms with van der Waals surface area (Å²) < 4.78 is 61.0. The van der Waals surface area contributed by atoms with Crippen molar-refractivity contribution in [1.82, 2.24) is 0 Å². The van der Waals surface area contributed by atoms with Crippen LogP contribution in [0.25, 0.3) is 0 Å². The van der Waals surface area contributed by atoms with Gasteiger partial charge in [-0.25, -0.2) is 57.5 Å². The summed E-state index contributed by atoms with van der Waals surface area (Å²) in [6, 6.07) is 0. The third-order valence-corrected chi connectivity index (χ3v) is 17.2. The van der Waals surface area contributed by atoms with Crippen molar-refractivity contribution in [2.24, 2.45) is 35.5 Å². The van der Waals surface area contributed by atoms with Crippen LogP contribution in [0.15, 0.2) is 152 Å². The summed E-state index contributed by atoms with van der Waals surface area (Å²) in [4.78, 5) is 132. The van der Waals surface area contributed by atoms with Gasteiger partial charge in [0.15, 0.2) is 0 Å². The average Bonchev–Trinajstić information content (AvgIpc) is 0.879. The summed E-state index contributed by atoms with van der Waals surface area (Å²) in [6.07, 6.45) is 34.3. The topological polar surface area (TPSA) is 316 Å². The molecule has 0 aromatic carbocycles. The van der Waals surface area contributed by atoms with Crippen LogP contribution in [0.5, 0.6) is 0 Å². The lowest BCUT2D eigenvalue weighted by Gasteiger charge is -2.30. The molecule has 0 aromatic rings. The quantitative estimate of drug-likeness (QED) is 0.0366. The second kappa shape index (κ2) is 55.2. The molecule has 0 amide bonds. The molecule has 8 unspecified atom stereocenters. The molecule has 0 aromatic heterocycles. The lowest BCUT2D eigenvalue weighted by Crippen LogP contribution is -2.37. The predicted octanol–water partition coefficient (Wildman–Crippen LogP) is 12.0. The maximum atomic E-state index is 11.1. The molecular formula is C78H108O24. The van der Waals surface area contributed by atoms with E-state index in [4.69, 9.17) is 56.8 Å². The third kappa shape index (κ3) is 42.6. The fraction of sp³-hybridized carbons (Fsp3) is 0.538. The summed E-state index contributed by atoms with van der Waals surface area (Å²) in [5.74, 6) is -2.83. The van der Waals surface area contributed by atoms with E-state index in [0.717, 1.165) is 158 Å². The molecule has 24 nitrogen and oxygen atoms in total. The highest BCUT2D eigenvalue weighted by Gasteiger charge is 2.32. The van der Waals surface area contributed by atoms with E-state index < -0.39 is 47.8 Å². The number of rotatable bonds is 30. The molecule has 564 valence electrons. The van der Waals surface area contributed by atoms with Crippen molar-refractivity contribution in [1.29, 1.82) is 0 Å². The lowest BCUT2D eigenvalue weighted by atomic mass is 9.80. The van der Waals surface area contributed by atoms with E-state index in [1.807, 2.05) is 0 Å². The van der Waals surface area contributed by atoms with Crippen molar-refractivity contribution in [3.05, 3.63) is 152 Å². The van der Waals surface area contributed by atoms with Crippen LogP contribution in [0.3, 0.4) is 0 Å². The van der Waals surface area contributed by atoms with E-state index in [1.165, 1.54) is 24.3 Å². The van der Waals surface area contributed by atoms with Crippen molar-refractivity contribution in [3.63, 3.8) is 0 Å². The first kappa shape index (κ1) is 90.5. The maximum Gasteiger partial charge on any atom is 0.330 e. The molecular weight excluding hydrogens is 1320 g/mol. The highest BCUT2D eigenvalue weighted by atomic mass is 16.6. The molecule has 6 rings (SSSR count). The van der Waals surface area contributed by atoms with E-state index in [0.29, 0.717) is 108 Å². The molecule has 24 heteroatoms. The molecule has 0 N–H and O–H groups in total. The van der Waals surface area contributed by atoms with Gasteiger partial charge in [0.05, 0.1) is 39.6 Å². The number of hydrogen-bond acceptors (Lipinski definition) is 24. The molecule has 0 heterocycles. The van der Waals surface area contributed by atoms with Crippen molar-refractivity contribution in [3.8, 4) is 0 Å². The Morgan fingerprint density at radius 2 is 0.451 bits per heavy atom. The van der Waals surface area contributed by atoms with Gasteiger partial charge >= 0.3 is 71.6 Å².